The van der Waals surface area contributed by atoms with Crippen LogP contribution in [-0.4, -0.2) is 14.2 Å². The third kappa shape index (κ3) is 7.04. The van der Waals surface area contributed by atoms with Crippen LogP contribution in [0.2, 0.25) is 0 Å². The highest BCUT2D eigenvalue weighted by Gasteiger charge is 2.35. The maximum absolute atomic E-state index is 14.8. The van der Waals surface area contributed by atoms with E-state index < -0.39 is 0 Å². The van der Waals surface area contributed by atoms with Crippen LogP contribution in [0.3, 0.4) is 0 Å². The van der Waals surface area contributed by atoms with E-state index in [9.17, 15) is 8.78 Å². The number of benzene rings is 14. The number of hydrogen-bond donors (Lipinski definition) is 0. The van der Waals surface area contributed by atoms with Gasteiger partial charge in [-0.2, -0.15) is 0 Å². The molecule has 2 aliphatic rings. The molecular weight excluding hydrogens is 1010 g/mol. The molecule has 0 atom stereocenters. The minimum atomic E-state index is -0.285. The van der Waals surface area contributed by atoms with Crippen LogP contribution in [0, 0.1) is 11.6 Å². The lowest BCUT2D eigenvalue weighted by molar-refractivity contribution is 0.415. The highest BCUT2D eigenvalue weighted by molar-refractivity contribution is 6.34. The van der Waals surface area contributed by atoms with E-state index in [1.807, 2.05) is 24.3 Å². The minimum absolute atomic E-state index is 0.285. The number of rotatable bonds is 9. The molecule has 0 saturated heterocycles. The molecule has 0 unspecified atom stereocenters. The van der Waals surface area contributed by atoms with Crippen LogP contribution >= 0.6 is 0 Å². The molecule has 14 aromatic rings. The van der Waals surface area contributed by atoms with Crippen molar-refractivity contribution in [3.8, 4) is 134 Å². The molecular formula is C78H48F2O2. The molecule has 0 saturated carbocycles. The molecule has 82 heavy (non-hydrogen) atoms. The molecule has 0 radical (unpaired) electrons. The van der Waals surface area contributed by atoms with E-state index in [-0.39, 0.29) is 11.6 Å². The highest BCUT2D eigenvalue weighted by atomic mass is 19.1. The fourth-order valence-corrected chi connectivity index (χ4v) is 13.9. The third-order valence-corrected chi connectivity index (χ3v) is 17.3. The Labute approximate surface area is 473 Å². The van der Waals surface area contributed by atoms with Crippen molar-refractivity contribution in [2.75, 3.05) is 14.2 Å². The van der Waals surface area contributed by atoms with Crippen molar-refractivity contribution in [2.24, 2.45) is 0 Å². The normalized spacial score (nSPS) is 11.9. The van der Waals surface area contributed by atoms with Crippen molar-refractivity contribution in [3.63, 3.8) is 0 Å². The molecule has 16 rings (SSSR count). The topological polar surface area (TPSA) is 18.5 Å². The van der Waals surface area contributed by atoms with Gasteiger partial charge in [0.05, 0.1) is 14.2 Å². The molecule has 0 N–H and O–H groups in total. The standard InChI is InChI=1S/C78H48F2O2/c1-81-53-35-27-49(28-36-53)69-73-55(45-13-5-3-6-14-45)39-40-56(46-15-7-4-8-16-46)74(73)70(50-29-37-54(82-2)38-30-50)78-66-44-42-58(60-20-12-22-64(72(60)66)77(69)78)57-41-43-65-71-59(57)19-11-21-63(71)75-67(47-23-31-51(79)32-24-47)61-17-9-10-18-62(61)68(76(65)75)48-25-33-52(80)34-26-48/h3-44H,1-2H3. The summed E-state index contributed by atoms with van der Waals surface area (Å²) in [6.45, 7) is 0. The maximum Gasteiger partial charge on any atom is 0.123 e. The largest absolute Gasteiger partial charge is 0.497 e. The van der Waals surface area contributed by atoms with E-state index >= 15 is 0 Å². The highest BCUT2D eigenvalue weighted by Crippen LogP contribution is 2.63. The smallest absolute Gasteiger partial charge is 0.123 e. The summed E-state index contributed by atoms with van der Waals surface area (Å²) >= 11 is 0. The predicted molar refractivity (Wildman–Crippen MR) is 336 cm³/mol. The van der Waals surface area contributed by atoms with Crippen LogP contribution in [0.1, 0.15) is 0 Å². The Morgan fingerprint density at radius 1 is 0.207 bits per heavy atom. The summed E-state index contributed by atoms with van der Waals surface area (Å²) in [5.41, 5.74) is 24.4. The van der Waals surface area contributed by atoms with Crippen LogP contribution in [0.25, 0.3) is 165 Å². The first-order chi connectivity index (χ1) is 40.4. The lowest BCUT2D eigenvalue weighted by Crippen LogP contribution is -1.98. The summed E-state index contributed by atoms with van der Waals surface area (Å²) in [5.74, 6) is 1.02. The van der Waals surface area contributed by atoms with Gasteiger partial charge in [0.2, 0.25) is 0 Å². The summed E-state index contributed by atoms with van der Waals surface area (Å²) in [6.07, 6.45) is 0. The molecule has 386 valence electrons. The predicted octanol–water partition coefficient (Wildman–Crippen LogP) is 21.6. The molecule has 0 fully saturated rings. The van der Waals surface area contributed by atoms with Gasteiger partial charge in [0.25, 0.3) is 0 Å². The van der Waals surface area contributed by atoms with Crippen LogP contribution in [0.4, 0.5) is 8.78 Å². The van der Waals surface area contributed by atoms with Crippen molar-refractivity contribution in [1.82, 2.24) is 0 Å². The van der Waals surface area contributed by atoms with Crippen molar-refractivity contribution < 1.29 is 18.3 Å². The maximum atomic E-state index is 14.8. The van der Waals surface area contributed by atoms with Gasteiger partial charge in [0.15, 0.2) is 0 Å². The molecule has 14 aromatic carbocycles. The van der Waals surface area contributed by atoms with Gasteiger partial charge in [-0.05, 0) is 214 Å². The number of fused-ring (bicyclic) bond motifs is 8. The fourth-order valence-electron chi connectivity index (χ4n) is 13.9. The Morgan fingerprint density at radius 2 is 0.512 bits per heavy atom. The van der Waals surface area contributed by atoms with E-state index in [4.69, 9.17) is 9.47 Å². The first kappa shape index (κ1) is 47.6. The van der Waals surface area contributed by atoms with E-state index in [2.05, 4.69) is 206 Å². The lowest BCUT2D eigenvalue weighted by Gasteiger charge is -2.25. The van der Waals surface area contributed by atoms with Gasteiger partial charge in [0.1, 0.15) is 23.1 Å². The Bertz CT molecular complexity index is 4710. The second-order valence-corrected chi connectivity index (χ2v) is 21.4. The molecule has 0 amide bonds. The van der Waals surface area contributed by atoms with E-state index in [0.717, 1.165) is 139 Å². The molecule has 0 aliphatic heterocycles. The number of methoxy groups -OCH3 is 2. The zero-order valence-corrected chi connectivity index (χ0v) is 44.8. The van der Waals surface area contributed by atoms with Gasteiger partial charge >= 0.3 is 0 Å². The van der Waals surface area contributed by atoms with Crippen molar-refractivity contribution in [2.45, 2.75) is 0 Å². The lowest BCUT2D eigenvalue weighted by atomic mass is 9.78. The molecule has 2 aliphatic carbocycles. The first-order valence-corrected chi connectivity index (χ1v) is 27.8. The average molecular weight is 1060 g/mol. The van der Waals surface area contributed by atoms with E-state index in [1.165, 1.54) is 38.4 Å². The Hall–Kier alpha value is -10.4. The molecule has 0 heterocycles. The van der Waals surface area contributed by atoms with Crippen molar-refractivity contribution in [3.05, 3.63) is 266 Å². The number of ether oxygens (including phenoxy) is 2. The van der Waals surface area contributed by atoms with Crippen LogP contribution in [-0.2, 0) is 0 Å². The summed E-state index contributed by atoms with van der Waals surface area (Å²) in [6, 6.07) is 88.5. The summed E-state index contributed by atoms with van der Waals surface area (Å²) in [4.78, 5) is 0. The second kappa shape index (κ2) is 18.6. The fraction of sp³-hybridized carbons (Fsp3) is 0.0256. The minimum Gasteiger partial charge on any atom is -0.497 e. The van der Waals surface area contributed by atoms with Crippen LogP contribution in [0.5, 0.6) is 11.5 Å². The van der Waals surface area contributed by atoms with Gasteiger partial charge in [-0.3, -0.25) is 0 Å². The van der Waals surface area contributed by atoms with Gasteiger partial charge in [0, 0.05) is 0 Å². The zero-order chi connectivity index (χ0) is 54.7. The Balaban J connectivity index is 1.01. The number of hydrogen-bond acceptors (Lipinski definition) is 2. The Morgan fingerprint density at radius 3 is 0.902 bits per heavy atom. The summed E-state index contributed by atoms with van der Waals surface area (Å²) < 4.78 is 41.2. The second-order valence-electron chi connectivity index (χ2n) is 21.4. The van der Waals surface area contributed by atoms with Gasteiger partial charge < -0.3 is 9.47 Å². The summed E-state index contributed by atoms with van der Waals surface area (Å²) in [7, 11) is 3.44. The third-order valence-electron chi connectivity index (χ3n) is 17.3. The molecule has 0 spiro atoms. The molecule has 2 nitrogen and oxygen atoms in total. The number of halogens is 2. The van der Waals surface area contributed by atoms with E-state index in [1.54, 1.807) is 38.5 Å². The monoisotopic (exact) mass is 1050 g/mol. The van der Waals surface area contributed by atoms with Gasteiger partial charge in [-0.25, -0.2) is 8.78 Å². The zero-order valence-electron chi connectivity index (χ0n) is 44.8. The van der Waals surface area contributed by atoms with E-state index in [0.29, 0.717) is 0 Å². The Kier molecular flexibility index (Phi) is 10.8. The van der Waals surface area contributed by atoms with Crippen LogP contribution in [0.15, 0.2) is 255 Å². The molecule has 4 heteroatoms. The van der Waals surface area contributed by atoms with Crippen LogP contribution < -0.4 is 9.47 Å². The molecule has 0 bridgehead atoms. The average Bonchev–Trinajstić information content (AvgIpc) is 3.30. The van der Waals surface area contributed by atoms with Gasteiger partial charge in [-0.1, -0.05) is 206 Å². The van der Waals surface area contributed by atoms with Crippen molar-refractivity contribution in [1.29, 1.82) is 0 Å². The molecule has 0 aromatic heterocycles. The van der Waals surface area contributed by atoms with Gasteiger partial charge in [-0.15, -0.1) is 0 Å². The SMILES string of the molecule is COc1ccc(-c2c3c(c(-c4ccc(OC)cc4)c4c(-c5ccccc5)ccc(-c5ccccc5)c24)-c2ccc(-c4ccc5c6c(cccc46)-c4c-5c(-c5ccc(F)cc5)c5ccccc5c4-c4ccc(F)cc4)c4cccc-3c24)cc1. The quantitative estimate of drug-likeness (QED) is 0.143. The van der Waals surface area contributed by atoms with Crippen molar-refractivity contribution >= 4 is 43.1 Å². The summed E-state index contributed by atoms with van der Waals surface area (Å²) in [5, 5.41) is 9.08. The first-order valence-electron chi connectivity index (χ1n) is 27.8.